The number of nitrogens with zero attached hydrogens (tertiary/aromatic N) is 1. The third-order valence-electron chi connectivity index (χ3n) is 3.29. The van der Waals surface area contributed by atoms with E-state index >= 15 is 0 Å². The Balaban J connectivity index is 2.19. The molecule has 1 saturated heterocycles. The Morgan fingerprint density at radius 2 is 1.55 bits per heavy atom. The summed E-state index contributed by atoms with van der Waals surface area (Å²) in [5, 5.41) is 20.4. The van der Waals surface area contributed by atoms with E-state index in [9.17, 15) is 19.8 Å². The zero-order valence-corrected chi connectivity index (χ0v) is 12.5. The zero-order valence-electron chi connectivity index (χ0n) is 11.0. The van der Waals surface area contributed by atoms with E-state index in [1.807, 2.05) is 0 Å². The molecule has 2 amide bonds. The van der Waals surface area contributed by atoms with Gasteiger partial charge in [0.25, 0.3) is 5.88 Å². The monoisotopic (exact) mass is 341 g/mol. The van der Waals surface area contributed by atoms with Crippen molar-refractivity contribution in [2.75, 3.05) is 4.90 Å². The van der Waals surface area contributed by atoms with Crippen LogP contribution in [0.5, 0.6) is 11.5 Å². The number of hydrogen-bond acceptors (Lipinski definition) is 5. The first-order valence-electron chi connectivity index (χ1n) is 6.26. The maximum Gasteiger partial charge on any atom is 0.256 e. The molecular weight excluding hydrogens is 333 g/mol. The quantitative estimate of drug-likeness (QED) is 0.817. The van der Waals surface area contributed by atoms with Gasteiger partial charge in [0.1, 0.15) is 0 Å². The van der Waals surface area contributed by atoms with Crippen molar-refractivity contribution in [3.05, 3.63) is 28.2 Å². The molecule has 1 aromatic carbocycles. The molecule has 114 valence electrons. The van der Waals surface area contributed by atoms with Crippen molar-refractivity contribution in [2.45, 2.75) is 12.8 Å². The Morgan fingerprint density at radius 1 is 1.00 bits per heavy atom. The van der Waals surface area contributed by atoms with Crippen LogP contribution in [0.1, 0.15) is 12.8 Å². The van der Waals surface area contributed by atoms with E-state index in [1.165, 1.54) is 12.1 Å². The van der Waals surface area contributed by atoms with E-state index in [4.69, 9.17) is 27.6 Å². The summed E-state index contributed by atoms with van der Waals surface area (Å²) in [5.41, 5.74) is 0.156. The van der Waals surface area contributed by atoms with Gasteiger partial charge in [0.05, 0.1) is 15.6 Å². The van der Waals surface area contributed by atoms with Crippen molar-refractivity contribution in [3.8, 4) is 22.8 Å². The Morgan fingerprint density at radius 3 is 2.09 bits per heavy atom. The first-order valence-corrected chi connectivity index (χ1v) is 7.02. The molecule has 2 heterocycles. The van der Waals surface area contributed by atoms with Gasteiger partial charge in [-0.05, 0) is 12.1 Å². The van der Waals surface area contributed by atoms with Crippen LogP contribution in [0, 0.1) is 0 Å². The van der Waals surface area contributed by atoms with E-state index in [0.29, 0.717) is 4.90 Å². The van der Waals surface area contributed by atoms with E-state index in [1.54, 1.807) is 6.07 Å². The summed E-state index contributed by atoms with van der Waals surface area (Å²) in [6.45, 7) is 0. The first-order chi connectivity index (χ1) is 10.4. The molecule has 0 unspecified atom stereocenters. The molecule has 1 aromatic heterocycles. The Hall–Kier alpha value is -2.18. The molecule has 0 bridgehead atoms. The van der Waals surface area contributed by atoms with Crippen molar-refractivity contribution in [3.63, 3.8) is 0 Å². The predicted molar refractivity (Wildman–Crippen MR) is 79.2 cm³/mol. The molecule has 22 heavy (non-hydrogen) atoms. The van der Waals surface area contributed by atoms with Crippen LogP contribution in [0.3, 0.4) is 0 Å². The Labute approximate surface area is 134 Å². The lowest BCUT2D eigenvalue weighted by atomic mass is 10.1. The standard InChI is InChI=1S/C14H9Cl2NO5/c15-6-2-1-3-7(16)10(6)13-11(20)12(21)14(22-13)17-8(18)4-5-9(17)19/h1-3,20-21H,4-5H2. The third kappa shape index (κ3) is 2.12. The maximum atomic E-state index is 11.7. The van der Waals surface area contributed by atoms with E-state index < -0.39 is 29.2 Å². The highest BCUT2D eigenvalue weighted by atomic mass is 35.5. The molecule has 1 aliphatic heterocycles. The number of aromatic hydroxyl groups is 2. The number of anilines is 1. The fraction of sp³-hybridized carbons (Fsp3) is 0.143. The molecule has 1 fully saturated rings. The smallest absolute Gasteiger partial charge is 0.256 e. The Kier molecular flexibility index (Phi) is 3.50. The number of carbonyl (C=O) groups excluding carboxylic acids is 2. The topological polar surface area (TPSA) is 91.0 Å². The van der Waals surface area contributed by atoms with E-state index in [-0.39, 0.29) is 34.2 Å². The average Bonchev–Trinajstić information content (AvgIpc) is 2.93. The fourth-order valence-electron chi connectivity index (χ4n) is 2.24. The number of carbonyl (C=O) groups is 2. The second-order valence-corrected chi connectivity index (χ2v) is 5.47. The van der Waals surface area contributed by atoms with Crippen LogP contribution in [0.4, 0.5) is 5.88 Å². The minimum Gasteiger partial charge on any atom is -0.502 e. The molecular formula is C14H9Cl2NO5. The second-order valence-electron chi connectivity index (χ2n) is 4.65. The van der Waals surface area contributed by atoms with Crippen LogP contribution < -0.4 is 4.90 Å². The van der Waals surface area contributed by atoms with Gasteiger partial charge in [-0.25, -0.2) is 4.90 Å². The number of rotatable bonds is 2. The van der Waals surface area contributed by atoms with Crippen LogP contribution in [-0.2, 0) is 9.59 Å². The minimum atomic E-state index is -0.713. The van der Waals surface area contributed by atoms with Gasteiger partial charge in [0.2, 0.25) is 23.3 Å². The summed E-state index contributed by atoms with van der Waals surface area (Å²) in [6, 6.07) is 4.64. The van der Waals surface area contributed by atoms with Gasteiger partial charge in [0, 0.05) is 12.8 Å². The molecule has 8 heteroatoms. The number of benzene rings is 1. The lowest BCUT2D eigenvalue weighted by Crippen LogP contribution is -2.28. The number of imide groups is 1. The molecule has 1 aliphatic rings. The van der Waals surface area contributed by atoms with Gasteiger partial charge in [-0.2, -0.15) is 0 Å². The van der Waals surface area contributed by atoms with Crippen molar-refractivity contribution < 1.29 is 24.2 Å². The summed E-state index contributed by atoms with van der Waals surface area (Å²) >= 11 is 12.1. The van der Waals surface area contributed by atoms with Crippen molar-refractivity contribution >= 4 is 40.9 Å². The third-order valence-corrected chi connectivity index (χ3v) is 3.92. The molecule has 0 spiro atoms. The van der Waals surface area contributed by atoms with Gasteiger partial charge in [0.15, 0.2) is 5.76 Å². The summed E-state index contributed by atoms with van der Waals surface area (Å²) in [7, 11) is 0. The fourth-order valence-corrected chi connectivity index (χ4v) is 2.81. The second kappa shape index (κ2) is 5.23. The SMILES string of the molecule is O=C1CCC(=O)N1c1oc(-c2c(Cl)cccc2Cl)c(O)c1O. The number of hydrogen-bond donors (Lipinski definition) is 2. The van der Waals surface area contributed by atoms with Crippen LogP contribution in [0.2, 0.25) is 10.0 Å². The van der Waals surface area contributed by atoms with Gasteiger partial charge in [-0.3, -0.25) is 9.59 Å². The van der Waals surface area contributed by atoms with Gasteiger partial charge in [-0.1, -0.05) is 29.3 Å². The summed E-state index contributed by atoms with van der Waals surface area (Å²) in [5.74, 6) is -3.05. The largest absolute Gasteiger partial charge is 0.502 e. The highest BCUT2D eigenvalue weighted by Crippen LogP contribution is 2.50. The summed E-state index contributed by atoms with van der Waals surface area (Å²) in [4.78, 5) is 24.2. The number of furan rings is 1. The highest BCUT2D eigenvalue weighted by molar-refractivity contribution is 6.39. The van der Waals surface area contributed by atoms with Crippen molar-refractivity contribution in [2.24, 2.45) is 0 Å². The molecule has 6 nitrogen and oxygen atoms in total. The molecule has 2 N–H and O–H groups in total. The van der Waals surface area contributed by atoms with Gasteiger partial charge in [-0.15, -0.1) is 0 Å². The van der Waals surface area contributed by atoms with Gasteiger partial charge >= 0.3 is 0 Å². The van der Waals surface area contributed by atoms with Crippen LogP contribution in [0.15, 0.2) is 22.6 Å². The molecule has 0 saturated carbocycles. The molecule has 0 aliphatic carbocycles. The average molecular weight is 342 g/mol. The summed E-state index contributed by atoms with van der Waals surface area (Å²) < 4.78 is 5.33. The van der Waals surface area contributed by atoms with Crippen LogP contribution in [0.25, 0.3) is 11.3 Å². The molecule has 2 aromatic rings. The zero-order chi connectivity index (χ0) is 16.0. The van der Waals surface area contributed by atoms with Crippen LogP contribution >= 0.6 is 23.2 Å². The normalized spacial score (nSPS) is 14.9. The van der Waals surface area contributed by atoms with E-state index in [0.717, 1.165) is 0 Å². The Bertz CT molecular complexity index is 763. The van der Waals surface area contributed by atoms with Gasteiger partial charge < -0.3 is 14.6 Å². The highest BCUT2D eigenvalue weighted by Gasteiger charge is 2.37. The maximum absolute atomic E-state index is 11.7. The summed E-state index contributed by atoms with van der Waals surface area (Å²) in [6.07, 6.45) is 0.0316. The predicted octanol–water partition coefficient (Wildman–Crippen LogP) is 3.32. The molecule has 3 rings (SSSR count). The lowest BCUT2D eigenvalue weighted by Gasteiger charge is -2.09. The van der Waals surface area contributed by atoms with Crippen molar-refractivity contribution in [1.82, 2.24) is 0 Å². The number of amides is 2. The minimum absolute atomic E-state index is 0.0158. The van der Waals surface area contributed by atoms with Crippen LogP contribution in [-0.4, -0.2) is 22.0 Å². The molecule has 0 radical (unpaired) electrons. The first kappa shape index (κ1) is 14.7. The number of halogens is 2. The van der Waals surface area contributed by atoms with E-state index in [2.05, 4.69) is 0 Å². The van der Waals surface area contributed by atoms with Crippen molar-refractivity contribution in [1.29, 1.82) is 0 Å². The lowest BCUT2D eigenvalue weighted by molar-refractivity contribution is -0.121. The molecule has 0 atom stereocenters.